The van der Waals surface area contributed by atoms with Gasteiger partial charge in [0.2, 0.25) is 0 Å². The zero-order valence-electron chi connectivity index (χ0n) is 10.8. The molecule has 1 unspecified atom stereocenters. The highest BCUT2D eigenvalue weighted by atomic mass is 32.1. The molecule has 0 saturated carbocycles. The molecule has 1 heterocycles. The van der Waals surface area contributed by atoms with Gasteiger partial charge in [0, 0.05) is 22.9 Å². The minimum absolute atomic E-state index is 0.115. The molecule has 0 aromatic carbocycles. The summed E-state index contributed by atoms with van der Waals surface area (Å²) in [5.74, 6) is 0. The lowest BCUT2D eigenvalue weighted by Crippen LogP contribution is -2.21. The topological polar surface area (TPSA) is 45.2 Å². The summed E-state index contributed by atoms with van der Waals surface area (Å²) in [6, 6.07) is 0.265. The number of nitrogens with zero attached hydrogens (tertiary/aromatic N) is 1. The average Bonchev–Trinajstić information content (AvgIpc) is 2.56. The largest absolute Gasteiger partial charge is 0.395 e. The molecule has 3 nitrogen and oxygen atoms in total. The Hall–Kier alpha value is -0.450. The van der Waals surface area contributed by atoms with Crippen LogP contribution >= 0.6 is 11.3 Å². The third-order valence-corrected chi connectivity index (χ3v) is 4.20. The average molecular weight is 242 g/mol. The number of thiazole rings is 1. The highest BCUT2D eigenvalue weighted by molar-refractivity contribution is 7.12. The van der Waals surface area contributed by atoms with Crippen LogP contribution in [0.15, 0.2) is 0 Å². The van der Waals surface area contributed by atoms with Gasteiger partial charge in [-0.1, -0.05) is 20.8 Å². The van der Waals surface area contributed by atoms with Crippen LogP contribution < -0.4 is 5.32 Å². The Morgan fingerprint density at radius 2 is 2.06 bits per heavy atom. The van der Waals surface area contributed by atoms with Crippen molar-refractivity contribution in [3.63, 3.8) is 0 Å². The van der Waals surface area contributed by atoms with E-state index in [-0.39, 0.29) is 18.1 Å². The third kappa shape index (κ3) is 3.27. The molecule has 1 aromatic heterocycles. The van der Waals surface area contributed by atoms with Crippen LogP contribution in [0.5, 0.6) is 0 Å². The lowest BCUT2D eigenvalue weighted by Gasteiger charge is -2.14. The Morgan fingerprint density at radius 3 is 2.50 bits per heavy atom. The molecule has 0 bridgehead atoms. The van der Waals surface area contributed by atoms with Gasteiger partial charge in [0.15, 0.2) is 0 Å². The van der Waals surface area contributed by atoms with Gasteiger partial charge >= 0.3 is 0 Å². The summed E-state index contributed by atoms with van der Waals surface area (Å²) in [6.07, 6.45) is 0. The molecule has 0 fully saturated rings. The first-order valence-electron chi connectivity index (χ1n) is 5.68. The van der Waals surface area contributed by atoms with Crippen LogP contribution in [0.2, 0.25) is 0 Å². The molecule has 2 N–H and O–H groups in total. The number of aliphatic hydroxyl groups excluding tert-OH is 1. The summed E-state index contributed by atoms with van der Waals surface area (Å²) in [5, 5.41) is 13.2. The fourth-order valence-electron chi connectivity index (χ4n) is 1.50. The summed E-state index contributed by atoms with van der Waals surface area (Å²) in [4.78, 5) is 5.90. The number of hydrogen-bond donors (Lipinski definition) is 2. The molecule has 1 rings (SSSR count). The van der Waals surface area contributed by atoms with E-state index in [1.165, 1.54) is 9.88 Å². The first-order chi connectivity index (χ1) is 7.36. The van der Waals surface area contributed by atoms with Crippen LogP contribution in [0, 0.1) is 6.92 Å². The summed E-state index contributed by atoms with van der Waals surface area (Å²) in [5.41, 5.74) is 1.22. The second-order valence-corrected chi connectivity index (χ2v) is 6.15. The van der Waals surface area contributed by atoms with E-state index in [0.717, 1.165) is 5.69 Å². The fourth-order valence-corrected chi connectivity index (χ4v) is 2.66. The quantitative estimate of drug-likeness (QED) is 0.852. The first-order valence-corrected chi connectivity index (χ1v) is 6.50. The van der Waals surface area contributed by atoms with E-state index in [9.17, 15) is 0 Å². The zero-order valence-corrected chi connectivity index (χ0v) is 11.6. The highest BCUT2D eigenvalue weighted by Gasteiger charge is 2.21. The van der Waals surface area contributed by atoms with E-state index in [0.29, 0.717) is 6.54 Å². The number of hydrogen-bond acceptors (Lipinski definition) is 4. The monoisotopic (exact) mass is 242 g/mol. The van der Waals surface area contributed by atoms with Crippen LogP contribution in [0.4, 0.5) is 0 Å². The molecule has 4 heteroatoms. The van der Waals surface area contributed by atoms with Crippen molar-refractivity contribution >= 4 is 11.3 Å². The summed E-state index contributed by atoms with van der Waals surface area (Å²) in [6.45, 7) is 11.5. The van der Waals surface area contributed by atoms with Crippen molar-refractivity contribution in [1.29, 1.82) is 0 Å². The van der Waals surface area contributed by atoms with Gasteiger partial charge in [-0.3, -0.25) is 0 Å². The highest BCUT2D eigenvalue weighted by Crippen LogP contribution is 2.32. The zero-order chi connectivity index (χ0) is 12.3. The maximum Gasteiger partial charge on any atom is 0.0985 e. The normalized spacial score (nSPS) is 14.1. The Kier molecular flexibility index (Phi) is 4.47. The molecule has 92 valence electrons. The Bertz CT molecular complexity index is 341. The minimum atomic E-state index is 0.115. The Balaban J connectivity index is 2.85. The predicted molar refractivity (Wildman–Crippen MR) is 69.1 cm³/mol. The maximum absolute atomic E-state index is 8.79. The van der Waals surface area contributed by atoms with Crippen molar-refractivity contribution in [1.82, 2.24) is 10.3 Å². The smallest absolute Gasteiger partial charge is 0.0985 e. The van der Waals surface area contributed by atoms with Gasteiger partial charge in [-0.25, -0.2) is 4.98 Å². The van der Waals surface area contributed by atoms with Crippen LogP contribution in [0.3, 0.4) is 0 Å². The van der Waals surface area contributed by atoms with Gasteiger partial charge in [-0.2, -0.15) is 0 Å². The molecule has 16 heavy (non-hydrogen) atoms. The van der Waals surface area contributed by atoms with Crippen molar-refractivity contribution in [2.24, 2.45) is 0 Å². The van der Waals surface area contributed by atoms with Gasteiger partial charge in [-0.05, 0) is 13.8 Å². The van der Waals surface area contributed by atoms with Crippen LogP contribution in [-0.2, 0) is 5.41 Å². The number of nitrogens with one attached hydrogen (secondary N) is 1. The van der Waals surface area contributed by atoms with Gasteiger partial charge in [0.1, 0.15) is 0 Å². The SMILES string of the molecule is Cc1nc(C(C)(C)C)sc1C(C)NCCO. The molecule has 1 aromatic rings. The fraction of sp³-hybridized carbons (Fsp3) is 0.750. The molecule has 0 amide bonds. The number of aliphatic hydroxyl groups is 1. The summed E-state index contributed by atoms with van der Waals surface area (Å²) in [7, 11) is 0. The molecule has 0 saturated heterocycles. The van der Waals surface area contributed by atoms with Crippen LogP contribution in [0.25, 0.3) is 0 Å². The molecular formula is C12H22N2OS. The van der Waals surface area contributed by atoms with Gasteiger partial charge < -0.3 is 10.4 Å². The molecule has 0 radical (unpaired) electrons. The molecule has 0 aliphatic rings. The van der Waals surface area contributed by atoms with E-state index in [4.69, 9.17) is 5.11 Å². The van der Waals surface area contributed by atoms with E-state index in [1.54, 1.807) is 11.3 Å². The minimum Gasteiger partial charge on any atom is -0.395 e. The molecule has 0 spiro atoms. The molecule has 1 atom stereocenters. The second kappa shape index (κ2) is 5.25. The van der Waals surface area contributed by atoms with E-state index in [2.05, 4.69) is 44.9 Å². The Morgan fingerprint density at radius 1 is 1.44 bits per heavy atom. The molecular weight excluding hydrogens is 220 g/mol. The standard InChI is InChI=1S/C12H22N2OS/c1-8(13-6-7-15)10-9(2)14-11(16-10)12(3,4)5/h8,13,15H,6-7H2,1-5H3. The number of rotatable bonds is 4. The van der Waals surface area contributed by atoms with Crippen molar-refractivity contribution in [2.45, 2.75) is 46.1 Å². The number of aromatic nitrogens is 1. The van der Waals surface area contributed by atoms with Crippen molar-refractivity contribution < 1.29 is 5.11 Å². The van der Waals surface area contributed by atoms with Gasteiger partial charge in [0.25, 0.3) is 0 Å². The van der Waals surface area contributed by atoms with Crippen molar-refractivity contribution in [3.8, 4) is 0 Å². The van der Waals surface area contributed by atoms with Crippen LogP contribution in [0.1, 0.15) is 49.3 Å². The summed E-state index contributed by atoms with van der Waals surface area (Å²) >= 11 is 1.77. The lowest BCUT2D eigenvalue weighted by molar-refractivity contribution is 0.286. The predicted octanol–water partition coefficient (Wildman–Crippen LogP) is 2.39. The number of aryl methyl sites for hydroxylation is 1. The lowest BCUT2D eigenvalue weighted by atomic mass is 9.98. The molecule has 0 aliphatic carbocycles. The van der Waals surface area contributed by atoms with Gasteiger partial charge in [0.05, 0.1) is 17.3 Å². The van der Waals surface area contributed by atoms with E-state index in [1.807, 2.05) is 0 Å². The van der Waals surface area contributed by atoms with Crippen molar-refractivity contribution in [3.05, 3.63) is 15.6 Å². The maximum atomic E-state index is 8.79. The van der Waals surface area contributed by atoms with E-state index >= 15 is 0 Å². The second-order valence-electron chi connectivity index (χ2n) is 5.12. The summed E-state index contributed by atoms with van der Waals surface area (Å²) < 4.78 is 0. The third-order valence-electron chi connectivity index (χ3n) is 2.43. The van der Waals surface area contributed by atoms with Crippen LogP contribution in [-0.4, -0.2) is 23.2 Å². The Labute approximate surface area is 102 Å². The van der Waals surface area contributed by atoms with Gasteiger partial charge in [-0.15, -0.1) is 11.3 Å². The molecule has 0 aliphatic heterocycles. The van der Waals surface area contributed by atoms with Crippen molar-refractivity contribution in [2.75, 3.05) is 13.2 Å². The first kappa shape index (κ1) is 13.6. The van der Waals surface area contributed by atoms with E-state index < -0.39 is 0 Å².